The van der Waals surface area contributed by atoms with Gasteiger partial charge in [-0.1, -0.05) is 11.8 Å². The van der Waals surface area contributed by atoms with E-state index in [1.165, 1.54) is 18.0 Å². The molecule has 0 saturated carbocycles. The van der Waals surface area contributed by atoms with Gasteiger partial charge in [-0.3, -0.25) is 9.59 Å². The van der Waals surface area contributed by atoms with E-state index in [0.717, 1.165) is 0 Å². The Kier molecular flexibility index (Phi) is 4.67. The van der Waals surface area contributed by atoms with Crippen LogP contribution in [-0.4, -0.2) is 38.4 Å². The van der Waals surface area contributed by atoms with Gasteiger partial charge in [0.1, 0.15) is 6.10 Å². The van der Waals surface area contributed by atoms with Gasteiger partial charge in [0.2, 0.25) is 5.91 Å². The van der Waals surface area contributed by atoms with E-state index in [-0.39, 0.29) is 5.56 Å². The number of nitrogens with one attached hydrogen (secondary N) is 1. The lowest BCUT2D eigenvalue weighted by Gasteiger charge is -2.15. The topological polar surface area (TPSA) is 129 Å². The lowest BCUT2D eigenvalue weighted by Crippen LogP contribution is -2.29. The summed E-state index contributed by atoms with van der Waals surface area (Å²) in [5, 5.41) is 19.5. The maximum Gasteiger partial charge on any atom is 0.257 e. The van der Waals surface area contributed by atoms with Gasteiger partial charge in [0.15, 0.2) is 5.16 Å². The van der Waals surface area contributed by atoms with Crippen LogP contribution < -0.4 is 11.3 Å². The van der Waals surface area contributed by atoms with Crippen molar-refractivity contribution in [3.63, 3.8) is 0 Å². The number of aliphatic hydroxyl groups is 2. The zero-order valence-corrected chi connectivity index (χ0v) is 9.90. The summed E-state index contributed by atoms with van der Waals surface area (Å²) in [7, 11) is 0. The van der Waals surface area contributed by atoms with Crippen LogP contribution in [0.3, 0.4) is 0 Å². The summed E-state index contributed by atoms with van der Waals surface area (Å²) in [6.07, 6.45) is -0.439. The van der Waals surface area contributed by atoms with E-state index >= 15 is 0 Å². The highest BCUT2D eigenvalue weighted by Crippen LogP contribution is 2.15. The smallest absolute Gasteiger partial charge is 0.257 e. The van der Waals surface area contributed by atoms with Crippen molar-refractivity contribution < 1.29 is 15.0 Å². The number of carbonyl (C=O) groups is 1. The molecule has 2 unspecified atom stereocenters. The Balaban J connectivity index is 2.92. The van der Waals surface area contributed by atoms with Crippen molar-refractivity contribution >= 4 is 17.7 Å². The normalized spacial score (nSPS) is 14.3. The number of hydrogen-bond donors (Lipinski definition) is 4. The van der Waals surface area contributed by atoms with Crippen molar-refractivity contribution in [1.82, 2.24) is 9.97 Å². The molecule has 0 aliphatic rings. The molecule has 0 aliphatic carbocycles. The van der Waals surface area contributed by atoms with Crippen molar-refractivity contribution in [2.24, 2.45) is 5.73 Å². The van der Waals surface area contributed by atoms with E-state index in [0.29, 0.717) is 5.16 Å². The lowest BCUT2D eigenvalue weighted by atomic mass is 10.0. The second-order valence-electron chi connectivity index (χ2n) is 3.36. The van der Waals surface area contributed by atoms with E-state index < -0.39 is 30.1 Å². The highest BCUT2D eigenvalue weighted by Gasteiger charge is 2.23. The van der Waals surface area contributed by atoms with E-state index in [2.05, 4.69) is 9.97 Å². The van der Waals surface area contributed by atoms with Crippen molar-refractivity contribution in [3.05, 3.63) is 22.1 Å². The van der Waals surface area contributed by atoms with E-state index in [9.17, 15) is 19.8 Å². The van der Waals surface area contributed by atoms with Gasteiger partial charge in [-0.05, 0) is 6.26 Å². The Bertz CT molecular complexity index is 462. The third-order valence-electron chi connectivity index (χ3n) is 2.09. The van der Waals surface area contributed by atoms with Gasteiger partial charge in [-0.2, -0.15) is 0 Å². The Morgan fingerprint density at radius 2 is 2.29 bits per heavy atom. The fourth-order valence-corrected chi connectivity index (χ4v) is 1.58. The van der Waals surface area contributed by atoms with Crippen LogP contribution in [0.1, 0.15) is 18.1 Å². The maximum absolute atomic E-state index is 11.5. The molecule has 0 fully saturated rings. The van der Waals surface area contributed by atoms with Crippen molar-refractivity contribution in [2.75, 3.05) is 6.26 Å². The SMILES string of the molecule is CSc1ncc(C(O)C(O)CC(N)=O)c(=O)[nH]1. The highest BCUT2D eigenvalue weighted by atomic mass is 32.2. The van der Waals surface area contributed by atoms with Crippen molar-refractivity contribution in [3.8, 4) is 0 Å². The molecule has 0 saturated heterocycles. The van der Waals surface area contributed by atoms with Gasteiger partial charge in [0, 0.05) is 6.20 Å². The molecule has 0 aromatic carbocycles. The third kappa shape index (κ3) is 3.55. The summed E-state index contributed by atoms with van der Waals surface area (Å²) in [4.78, 5) is 28.4. The summed E-state index contributed by atoms with van der Waals surface area (Å²) in [6, 6.07) is 0. The number of primary amides is 1. The quantitative estimate of drug-likeness (QED) is 0.386. The first-order valence-electron chi connectivity index (χ1n) is 4.73. The van der Waals surface area contributed by atoms with Gasteiger partial charge in [0.25, 0.3) is 5.56 Å². The summed E-state index contributed by atoms with van der Waals surface area (Å²) < 4.78 is 0. The van der Waals surface area contributed by atoms with Crippen molar-refractivity contribution in [2.45, 2.75) is 23.8 Å². The van der Waals surface area contributed by atoms with Gasteiger partial charge in [0.05, 0.1) is 18.1 Å². The summed E-state index contributed by atoms with van der Waals surface area (Å²) in [5.74, 6) is -0.762. The number of aromatic nitrogens is 2. The molecule has 1 heterocycles. The van der Waals surface area contributed by atoms with Gasteiger partial charge >= 0.3 is 0 Å². The molecule has 0 aliphatic heterocycles. The van der Waals surface area contributed by atoms with Crippen LogP contribution in [0, 0.1) is 0 Å². The van der Waals surface area contributed by atoms with Crippen LogP contribution in [0.4, 0.5) is 0 Å². The number of H-pyrrole nitrogens is 1. The molecule has 2 atom stereocenters. The number of aromatic amines is 1. The number of hydrogen-bond acceptors (Lipinski definition) is 6. The predicted octanol–water partition coefficient (Wildman–Crippen LogP) is -1.24. The third-order valence-corrected chi connectivity index (χ3v) is 2.68. The largest absolute Gasteiger partial charge is 0.390 e. The van der Waals surface area contributed by atoms with Crippen molar-refractivity contribution in [1.29, 1.82) is 0 Å². The minimum absolute atomic E-state index is 0.100. The first kappa shape index (κ1) is 13.7. The predicted molar refractivity (Wildman–Crippen MR) is 61.4 cm³/mol. The Hall–Kier alpha value is -1.38. The van der Waals surface area contributed by atoms with Crippen LogP contribution in [0.15, 0.2) is 16.1 Å². The molecule has 1 aromatic rings. The first-order valence-corrected chi connectivity index (χ1v) is 5.95. The monoisotopic (exact) mass is 259 g/mol. The summed E-state index contributed by atoms with van der Waals surface area (Å²) >= 11 is 1.24. The molecule has 8 heteroatoms. The molecule has 0 spiro atoms. The number of nitrogens with two attached hydrogens (primary N) is 1. The Morgan fingerprint density at radius 1 is 1.65 bits per heavy atom. The molecular weight excluding hydrogens is 246 g/mol. The van der Waals surface area contributed by atoms with E-state index in [1.54, 1.807) is 6.26 Å². The van der Waals surface area contributed by atoms with Crippen LogP contribution in [-0.2, 0) is 4.79 Å². The first-order chi connectivity index (χ1) is 7.95. The van der Waals surface area contributed by atoms with Gasteiger partial charge in [-0.25, -0.2) is 4.98 Å². The van der Waals surface area contributed by atoms with E-state index in [4.69, 9.17) is 5.73 Å². The second-order valence-corrected chi connectivity index (χ2v) is 4.15. The molecule has 1 aromatic heterocycles. The van der Waals surface area contributed by atoms with E-state index in [1.807, 2.05) is 0 Å². The summed E-state index contributed by atoms with van der Waals surface area (Å²) in [5.41, 5.74) is 4.22. The van der Waals surface area contributed by atoms with Gasteiger partial charge in [-0.15, -0.1) is 0 Å². The minimum Gasteiger partial charge on any atom is -0.390 e. The highest BCUT2D eigenvalue weighted by molar-refractivity contribution is 7.98. The standard InChI is InChI=1S/C9H13N3O4S/c1-17-9-11-3-4(8(16)12-9)7(15)5(13)2-6(10)14/h3,5,7,13,15H,2H2,1H3,(H2,10,14)(H,11,12,16). The van der Waals surface area contributed by atoms with Gasteiger partial charge < -0.3 is 20.9 Å². The number of aliphatic hydroxyl groups excluding tert-OH is 2. The molecular formula is C9H13N3O4S. The molecule has 7 nitrogen and oxygen atoms in total. The number of rotatable bonds is 5. The molecule has 1 rings (SSSR count). The van der Waals surface area contributed by atoms with Crippen LogP contribution >= 0.6 is 11.8 Å². The minimum atomic E-state index is -1.49. The second kappa shape index (κ2) is 5.80. The fourth-order valence-electron chi connectivity index (χ4n) is 1.23. The zero-order valence-electron chi connectivity index (χ0n) is 9.08. The molecule has 94 valence electrons. The van der Waals surface area contributed by atoms with Crippen LogP contribution in [0.2, 0.25) is 0 Å². The molecule has 1 amide bonds. The zero-order chi connectivity index (χ0) is 13.0. The van der Waals surface area contributed by atoms with Crippen LogP contribution in [0.25, 0.3) is 0 Å². The number of carbonyl (C=O) groups excluding carboxylic acids is 1. The molecule has 17 heavy (non-hydrogen) atoms. The average Bonchev–Trinajstić information content (AvgIpc) is 2.27. The lowest BCUT2D eigenvalue weighted by molar-refractivity contribution is -0.121. The average molecular weight is 259 g/mol. The Morgan fingerprint density at radius 3 is 2.76 bits per heavy atom. The summed E-state index contributed by atoms with van der Waals surface area (Å²) in [6.45, 7) is 0. The fraction of sp³-hybridized carbons (Fsp3) is 0.444. The van der Waals surface area contributed by atoms with Crippen LogP contribution in [0.5, 0.6) is 0 Å². The maximum atomic E-state index is 11.5. The number of amides is 1. The molecule has 0 bridgehead atoms. The molecule has 5 N–H and O–H groups in total. The molecule has 0 radical (unpaired) electrons. The Labute approximate surface area is 101 Å². The number of thioether (sulfide) groups is 1. The number of nitrogens with zero attached hydrogens (tertiary/aromatic N) is 1.